The molecule has 70 valence electrons. The monoisotopic (exact) mass is 181 g/mol. The van der Waals surface area contributed by atoms with E-state index in [4.69, 9.17) is 0 Å². The lowest BCUT2D eigenvalue weighted by Gasteiger charge is -2.38. The van der Waals surface area contributed by atoms with Gasteiger partial charge in [0.25, 0.3) is 0 Å². The van der Waals surface area contributed by atoms with Crippen molar-refractivity contribution in [1.29, 1.82) is 0 Å². The van der Waals surface area contributed by atoms with Crippen molar-refractivity contribution in [3.05, 3.63) is 0 Å². The predicted molar refractivity (Wildman–Crippen MR) is 50.1 cm³/mol. The summed E-state index contributed by atoms with van der Waals surface area (Å²) in [6, 6.07) is 0.148. The van der Waals surface area contributed by atoms with Gasteiger partial charge in [-0.1, -0.05) is 13.8 Å². The van der Waals surface area contributed by atoms with Crippen LogP contribution in [0.15, 0.2) is 0 Å². The van der Waals surface area contributed by atoms with Gasteiger partial charge in [0.1, 0.15) is 0 Å². The summed E-state index contributed by atoms with van der Waals surface area (Å²) in [5, 5.41) is 0. The van der Waals surface area contributed by atoms with Crippen LogP contribution in [-0.4, -0.2) is 27.3 Å². The third-order valence-electron chi connectivity index (χ3n) is 1.49. The van der Waals surface area contributed by atoms with E-state index >= 15 is 0 Å². The van der Waals surface area contributed by atoms with Gasteiger partial charge in [-0.15, -0.1) is 9.53 Å². The molecular formula is C7H19NO2S. The summed E-state index contributed by atoms with van der Waals surface area (Å²) in [4.78, 5) is 0. The third-order valence-corrected chi connectivity index (χ3v) is 2.50. The minimum atomic E-state index is -3.49. The highest BCUT2D eigenvalue weighted by Crippen LogP contribution is 2.10. The minimum absolute atomic E-state index is 0.148. The third kappa shape index (κ3) is 6.47. The molecule has 0 heterocycles. The first-order valence-electron chi connectivity index (χ1n) is 3.89. The molecule has 0 saturated heterocycles. The van der Waals surface area contributed by atoms with Crippen molar-refractivity contribution in [2.75, 3.05) is 12.5 Å². The number of hydrogen-bond acceptors (Lipinski definition) is 1. The lowest BCUT2D eigenvalue weighted by atomic mass is 10.2. The van der Waals surface area contributed by atoms with E-state index in [1.54, 1.807) is 0 Å². The van der Waals surface area contributed by atoms with Crippen LogP contribution in [0, 0.1) is 0 Å². The maximum absolute atomic E-state index is 11.4. The molecule has 0 atom stereocenters. The first-order valence-corrected chi connectivity index (χ1v) is 6.63. The van der Waals surface area contributed by atoms with Crippen molar-refractivity contribution in [2.24, 2.45) is 0 Å². The zero-order valence-electron chi connectivity index (χ0n) is 7.76. The minimum Gasteiger partial charge on any atom is -0.291 e. The van der Waals surface area contributed by atoms with Crippen LogP contribution in [0.2, 0.25) is 0 Å². The van der Waals surface area contributed by atoms with E-state index in [9.17, 15) is 8.76 Å². The first kappa shape index (κ1) is 11.1. The number of rotatable bonds is 4. The van der Waals surface area contributed by atoms with Crippen LogP contribution in [0.4, 0.5) is 0 Å². The van der Waals surface area contributed by atoms with Crippen molar-refractivity contribution in [1.82, 2.24) is 4.72 Å². The fourth-order valence-corrected chi connectivity index (χ4v) is 2.22. The van der Waals surface area contributed by atoms with Crippen LogP contribution >= 0.6 is 0 Å². The molecule has 3 nitrogen and oxygen atoms in total. The highest BCUT2D eigenvalue weighted by atomic mass is 32.3. The Morgan fingerprint density at radius 3 is 1.82 bits per heavy atom. The first-order chi connectivity index (χ1) is 4.74. The molecule has 0 unspecified atom stereocenters. The molecule has 0 bridgehead atoms. The lowest BCUT2D eigenvalue weighted by Crippen LogP contribution is -2.49. The average Bonchev–Trinajstić information content (AvgIpc) is 1.79. The molecule has 0 aliphatic rings. The second kappa shape index (κ2) is 3.21. The van der Waals surface area contributed by atoms with Gasteiger partial charge in [0.15, 0.2) is 0 Å². The van der Waals surface area contributed by atoms with E-state index in [0.717, 1.165) is 12.8 Å². The molecule has 0 spiro atoms. The Kier molecular flexibility index (Phi) is 3.23. The van der Waals surface area contributed by atoms with Gasteiger partial charge in [-0.05, 0) is 12.8 Å². The number of nitrogens with one attached hydrogen (secondary N) is 1. The molecule has 0 radical (unpaired) electrons. The maximum Gasteiger partial charge on any atom is 0.0363 e. The Balaban J connectivity index is 4.14. The van der Waals surface area contributed by atoms with Gasteiger partial charge in [-0.25, -0.2) is 4.72 Å². The molecule has 11 heavy (non-hydrogen) atoms. The highest BCUT2D eigenvalue weighted by molar-refractivity contribution is 8.12. The quantitative estimate of drug-likeness (QED) is 0.685. The van der Waals surface area contributed by atoms with Crippen LogP contribution in [0.5, 0.6) is 0 Å². The van der Waals surface area contributed by atoms with Crippen LogP contribution in [-0.2, 0) is 9.53 Å². The van der Waals surface area contributed by atoms with E-state index in [1.807, 2.05) is 13.8 Å². The van der Waals surface area contributed by atoms with Crippen molar-refractivity contribution in [2.45, 2.75) is 32.7 Å². The Morgan fingerprint density at radius 1 is 1.36 bits per heavy atom. The summed E-state index contributed by atoms with van der Waals surface area (Å²) < 4.78 is 23.5. The normalized spacial score (nSPS) is 16.4. The number of hydrogen-bond donors (Lipinski definition) is 2. The Morgan fingerprint density at radius 2 is 1.73 bits per heavy atom. The van der Waals surface area contributed by atoms with Crippen LogP contribution < -0.4 is 4.72 Å². The largest absolute Gasteiger partial charge is 0.291 e. The van der Waals surface area contributed by atoms with Crippen molar-refractivity contribution in [3.63, 3.8) is 0 Å². The van der Waals surface area contributed by atoms with Crippen molar-refractivity contribution in [3.8, 4) is 0 Å². The molecule has 0 aliphatic heterocycles. The zero-order valence-corrected chi connectivity index (χ0v) is 8.57. The molecule has 0 saturated carbocycles. The fraction of sp³-hybridized carbons (Fsp3) is 1.00. The molecule has 0 aromatic rings. The predicted octanol–water partition coefficient (Wildman–Crippen LogP) is 1.23. The summed E-state index contributed by atoms with van der Waals surface area (Å²) in [6.07, 6.45) is 4.45. The van der Waals surface area contributed by atoms with E-state index in [0.29, 0.717) is 0 Å². The van der Waals surface area contributed by atoms with E-state index in [-0.39, 0.29) is 6.04 Å². The summed E-state index contributed by atoms with van der Waals surface area (Å²) >= 11 is 0. The summed E-state index contributed by atoms with van der Waals surface area (Å²) in [5.41, 5.74) is 0. The molecule has 0 amide bonds. The van der Waals surface area contributed by atoms with E-state index < -0.39 is 9.53 Å². The smallest absolute Gasteiger partial charge is 0.0363 e. The molecule has 0 aromatic heterocycles. The van der Waals surface area contributed by atoms with Crippen molar-refractivity contribution >= 4 is 9.53 Å². The van der Waals surface area contributed by atoms with Gasteiger partial charge in [0.05, 0.1) is 0 Å². The molecule has 0 aliphatic carbocycles. The summed E-state index contributed by atoms with van der Waals surface area (Å²) in [5.74, 6) is 0. The topological polar surface area (TPSA) is 49.3 Å². The molecule has 0 rings (SSSR count). The van der Waals surface area contributed by atoms with Gasteiger partial charge in [-0.3, -0.25) is 4.55 Å². The molecule has 4 heteroatoms. The maximum atomic E-state index is 11.4. The van der Waals surface area contributed by atoms with Crippen molar-refractivity contribution < 1.29 is 8.76 Å². The molecule has 0 fully saturated rings. The zero-order chi connectivity index (χ0) is 9.15. The van der Waals surface area contributed by atoms with Gasteiger partial charge < -0.3 is 0 Å². The fourth-order valence-electron chi connectivity index (χ4n) is 0.931. The van der Waals surface area contributed by atoms with E-state index in [1.165, 1.54) is 12.5 Å². The van der Waals surface area contributed by atoms with Gasteiger partial charge in [0.2, 0.25) is 0 Å². The molecular weight excluding hydrogens is 162 g/mol. The van der Waals surface area contributed by atoms with Gasteiger partial charge in [0, 0.05) is 18.6 Å². The van der Waals surface area contributed by atoms with Crippen LogP contribution in [0.1, 0.15) is 26.7 Å². The average molecular weight is 181 g/mol. The molecule has 0 aromatic carbocycles. The highest BCUT2D eigenvalue weighted by Gasteiger charge is 2.16. The molecule has 2 N–H and O–H groups in total. The van der Waals surface area contributed by atoms with Gasteiger partial charge >= 0.3 is 0 Å². The summed E-state index contributed by atoms with van der Waals surface area (Å²) in [7, 11) is -3.49. The van der Waals surface area contributed by atoms with Crippen LogP contribution in [0.25, 0.3) is 0 Å². The lowest BCUT2D eigenvalue weighted by molar-refractivity contribution is 0.475. The van der Waals surface area contributed by atoms with Gasteiger partial charge in [-0.2, -0.15) is 4.21 Å². The standard InChI is InChI=1S/C7H19NO2S/c1-5-7(6-2)8-11(3,4,9)10/h7H,5-6H2,1-4H3,(H2,8,9,10). The van der Waals surface area contributed by atoms with E-state index in [2.05, 4.69) is 4.72 Å². The Hall–Kier alpha value is 0.0700. The Labute approximate surface area is 68.9 Å². The SMILES string of the molecule is CCC(CC)NS(C)(C)(=O)O. The second-order valence-electron chi connectivity index (χ2n) is 3.40. The summed E-state index contributed by atoms with van der Waals surface area (Å²) in [6.45, 7) is 4.00. The second-order valence-corrected chi connectivity index (χ2v) is 7.16. The Bertz CT molecular complexity index is 170. The van der Waals surface area contributed by atoms with Crippen LogP contribution in [0.3, 0.4) is 0 Å².